The van der Waals surface area contributed by atoms with Gasteiger partial charge in [0.25, 0.3) is 5.70 Å². The van der Waals surface area contributed by atoms with Crippen LogP contribution in [0, 0.1) is 51.7 Å². The summed E-state index contributed by atoms with van der Waals surface area (Å²) in [5.74, 6) is -0.978. The molecule has 1 aliphatic heterocycles. The Labute approximate surface area is 415 Å². The van der Waals surface area contributed by atoms with Crippen molar-refractivity contribution in [2.45, 2.75) is 58.8 Å². The summed E-state index contributed by atoms with van der Waals surface area (Å²) in [4.78, 5) is 40.6. The molecule has 333 valence electrons. The number of fused-ring (bicyclic) bond motifs is 2. The topological polar surface area (TPSA) is 100 Å². The van der Waals surface area contributed by atoms with Crippen LogP contribution in [0.2, 0.25) is 0 Å². The van der Waals surface area contributed by atoms with E-state index in [-0.39, 0.29) is 69.3 Å². The van der Waals surface area contributed by atoms with E-state index in [1.54, 1.807) is 6.08 Å². The zero-order chi connectivity index (χ0) is 43.8. The van der Waals surface area contributed by atoms with Gasteiger partial charge in [-0.2, -0.15) is 0 Å². The quantitative estimate of drug-likeness (QED) is 0.0431. The largest absolute Gasteiger partial charge is 0.471 e. The van der Waals surface area contributed by atoms with Crippen LogP contribution >= 0.6 is 0 Å². The summed E-state index contributed by atoms with van der Waals surface area (Å²) in [6.45, 7) is 21.0. The van der Waals surface area contributed by atoms with E-state index in [4.69, 9.17) is 17.9 Å². The second-order valence-corrected chi connectivity index (χ2v) is 14.4. The molecule has 0 amide bonds. The average Bonchev–Trinajstić information content (AvgIpc) is 3.76. The van der Waals surface area contributed by atoms with Crippen LogP contribution in [0.3, 0.4) is 0 Å². The molecule has 0 unspecified atom stereocenters. The molecule has 10 nitrogen and oxygen atoms in total. The Balaban J connectivity index is 0.000000476. The molecule has 1 fully saturated rings. The monoisotopic (exact) mass is 1120 g/mol. The summed E-state index contributed by atoms with van der Waals surface area (Å²) in [5.41, 5.74) is 7.80. The molecule has 0 atom stereocenters. The third kappa shape index (κ3) is 16.5. The van der Waals surface area contributed by atoms with Gasteiger partial charge >= 0.3 is 18.5 Å². The number of hydrogen-bond acceptors (Lipinski definition) is 6. The normalized spacial score (nSPS) is 11.4. The molecule has 64 heavy (non-hydrogen) atoms. The predicted octanol–water partition coefficient (Wildman–Crippen LogP) is 11.6. The number of hydrogen-bond donors (Lipinski definition) is 1. The molecular formula is C52H60N5O5UV-. The van der Waals surface area contributed by atoms with E-state index < -0.39 is 11.9 Å². The second-order valence-electron chi connectivity index (χ2n) is 14.4. The first kappa shape index (κ1) is 56.9. The van der Waals surface area contributed by atoms with Gasteiger partial charge in [-0.15, -0.1) is 0 Å². The molecule has 6 aromatic rings. The fourth-order valence-corrected chi connectivity index (χ4v) is 6.90. The second kappa shape index (κ2) is 31.7. The number of benzene rings is 4. The number of rotatable bonds is 12. The third-order valence-corrected chi connectivity index (χ3v) is 10.0. The first-order valence-corrected chi connectivity index (χ1v) is 21.0. The Hall–Kier alpha value is -5.11. The minimum absolute atomic E-state index is 0. The maximum atomic E-state index is 12.3. The number of carbonyl (C=O) groups is 3. The number of nitrogens with zero attached hydrogens (tertiary/aromatic N) is 4. The fraction of sp³-hybridized carbons (Fsp3) is 0.308. The van der Waals surface area contributed by atoms with E-state index in [0.29, 0.717) is 13.2 Å². The van der Waals surface area contributed by atoms with Crippen molar-refractivity contribution in [3.63, 3.8) is 0 Å². The molecule has 1 saturated heterocycles. The van der Waals surface area contributed by atoms with Crippen LogP contribution in [0.15, 0.2) is 115 Å². The van der Waals surface area contributed by atoms with Gasteiger partial charge in [0.1, 0.15) is 0 Å². The van der Waals surface area contributed by atoms with E-state index in [0.717, 1.165) is 87.4 Å². The Morgan fingerprint density at radius 1 is 0.688 bits per heavy atom. The van der Waals surface area contributed by atoms with Crippen molar-refractivity contribution in [1.82, 2.24) is 14.5 Å². The van der Waals surface area contributed by atoms with Gasteiger partial charge in [-0.1, -0.05) is 130 Å². The molecule has 12 heteroatoms. The first-order chi connectivity index (χ1) is 29.8. The smallest absolute Gasteiger partial charge is 0.387 e. The third-order valence-electron chi connectivity index (χ3n) is 10.0. The van der Waals surface area contributed by atoms with Gasteiger partial charge in [-0.05, 0) is 73.7 Å². The molecule has 0 saturated carbocycles. The molecule has 7 rings (SSSR count). The SMILES string of the molecule is C1CCNCC1.Cn1c(-c2ccccc2)c(C=O)c2ccccc21.[C-]#[N+]/C(=C\c1c(-c2ccccc2)n(C)c2ccccc12)C(=O)OCCCC.[C-]#[N+]CC(=O)OCCCC.[CH3-].[U].[V]. The van der Waals surface area contributed by atoms with Crippen LogP contribution in [0.1, 0.15) is 74.7 Å². The number of carbonyl (C=O) groups excluding carboxylic acids is 3. The van der Waals surface area contributed by atoms with E-state index in [1.165, 1.54) is 32.4 Å². The summed E-state index contributed by atoms with van der Waals surface area (Å²) >= 11 is 0. The van der Waals surface area contributed by atoms with Crippen molar-refractivity contribution in [1.29, 1.82) is 0 Å². The van der Waals surface area contributed by atoms with Crippen molar-refractivity contribution in [3.05, 3.63) is 156 Å². The molecule has 1 N–H and O–H groups in total. The Bertz CT molecular complexity index is 2430. The summed E-state index contributed by atoms with van der Waals surface area (Å²) in [5, 5.41) is 5.29. The number of nitrogens with one attached hydrogen (secondary N) is 1. The molecule has 0 spiro atoms. The number of ether oxygens (including phenoxy) is 2. The van der Waals surface area contributed by atoms with Crippen LogP contribution in [-0.4, -0.2) is 60.2 Å². The molecule has 3 heterocycles. The Kier molecular flexibility index (Phi) is 28.2. The van der Waals surface area contributed by atoms with Gasteiger partial charge < -0.3 is 36.2 Å². The van der Waals surface area contributed by atoms with Gasteiger partial charge in [-0.25, -0.2) is 16.2 Å². The fourth-order valence-electron chi connectivity index (χ4n) is 6.90. The van der Waals surface area contributed by atoms with Crippen LogP contribution < -0.4 is 5.32 Å². The minimum Gasteiger partial charge on any atom is -0.471 e. The zero-order valence-electron chi connectivity index (χ0n) is 37.8. The number of aromatic nitrogens is 2. The molecule has 0 bridgehead atoms. The summed E-state index contributed by atoms with van der Waals surface area (Å²) in [6.07, 6.45) is 10.4. The first-order valence-electron chi connectivity index (χ1n) is 21.0. The molecule has 1 radical (unpaired) electrons. The molecule has 0 aliphatic carbocycles. The van der Waals surface area contributed by atoms with Crippen LogP contribution in [0.4, 0.5) is 0 Å². The number of para-hydroxylation sites is 2. The van der Waals surface area contributed by atoms with Gasteiger partial charge in [-0.3, -0.25) is 9.59 Å². The molecule has 2 aromatic heterocycles. The Morgan fingerprint density at radius 3 is 1.56 bits per heavy atom. The molecule has 4 aromatic carbocycles. The summed E-state index contributed by atoms with van der Waals surface area (Å²) in [7, 11) is 4.00. The molecule has 1 aliphatic rings. The van der Waals surface area contributed by atoms with Crippen molar-refractivity contribution < 1.29 is 73.5 Å². The van der Waals surface area contributed by atoms with Crippen molar-refractivity contribution in [2.75, 3.05) is 32.8 Å². The van der Waals surface area contributed by atoms with Crippen LogP contribution in [0.25, 0.3) is 60.1 Å². The molecular weight excluding hydrogens is 1060 g/mol. The van der Waals surface area contributed by atoms with Crippen molar-refractivity contribution in [2.24, 2.45) is 14.1 Å². The van der Waals surface area contributed by atoms with Crippen molar-refractivity contribution >= 4 is 46.1 Å². The zero-order valence-corrected chi connectivity index (χ0v) is 43.4. The maximum Gasteiger partial charge on any atom is 0.387 e. The number of esters is 2. The van der Waals surface area contributed by atoms with Crippen LogP contribution in [-0.2, 0) is 51.7 Å². The van der Waals surface area contributed by atoms with E-state index in [2.05, 4.69) is 28.9 Å². The number of piperidine rings is 1. The van der Waals surface area contributed by atoms with Crippen LogP contribution in [0.5, 0.6) is 0 Å². The van der Waals surface area contributed by atoms with E-state index in [9.17, 15) is 14.4 Å². The summed E-state index contributed by atoms with van der Waals surface area (Å²) in [6, 6.07) is 36.0. The van der Waals surface area contributed by atoms with E-state index >= 15 is 0 Å². The minimum atomic E-state index is -0.564. The standard InChI is InChI=1S/C23H22N2O2.C16H13NO.C7H11NO2.C5H11N.CH3.U.V/c1-4-5-15-27-23(26)20(24-2)16-19-18-13-9-10-14-21(18)25(3)22(19)17-11-7-6-8-12-17;1-17-15-10-6-5-9-13(15)14(11-18)16(17)12-7-3-2-4-8-12;1-3-4-5-10-7(9)6-8-2;1-2-4-6-5-3-1;;;/h6-14,16H,4-5,15H2,1,3H3;2-11H,1H3;3-6H2,1H3;6H,1-5H2;1H3;;/q;;;;-1;;/b20-16-;;;;;;. The maximum absolute atomic E-state index is 12.3. The average molecular weight is 1120 g/mol. The number of aryl methyl sites for hydroxylation is 2. The predicted molar refractivity (Wildman–Crippen MR) is 253 cm³/mol. The van der Waals surface area contributed by atoms with Gasteiger partial charge in [0.15, 0.2) is 6.29 Å². The summed E-state index contributed by atoms with van der Waals surface area (Å²) < 4.78 is 14.1. The number of unbranched alkanes of at least 4 members (excludes halogenated alkanes) is 2. The van der Waals surface area contributed by atoms with E-state index in [1.807, 2.05) is 137 Å². The van der Waals surface area contributed by atoms with Gasteiger partial charge in [0.05, 0.1) is 31.2 Å². The van der Waals surface area contributed by atoms with Gasteiger partial charge in [0.2, 0.25) is 0 Å². The Morgan fingerprint density at radius 2 is 1.14 bits per heavy atom. The van der Waals surface area contributed by atoms with Gasteiger partial charge in [0, 0.05) is 91.1 Å². The van der Waals surface area contributed by atoms with Crippen molar-refractivity contribution in [3.8, 4) is 22.5 Å². The number of aldehydes is 1.